The maximum atomic E-state index is 10.9. The topological polar surface area (TPSA) is 63.6 Å². The molecule has 0 aliphatic heterocycles. The number of hydrogen-bond donors (Lipinski definition) is 1. The van der Waals surface area contributed by atoms with Crippen molar-refractivity contribution in [3.8, 4) is 5.75 Å². The first-order valence-corrected chi connectivity index (χ1v) is 4.27. The van der Waals surface area contributed by atoms with Crippen LogP contribution in [0.3, 0.4) is 0 Å². The first-order chi connectivity index (χ1) is 7.08. The van der Waals surface area contributed by atoms with Crippen LogP contribution in [0.2, 0.25) is 0 Å². The molecule has 4 heteroatoms. The number of aromatic hydroxyl groups is 1. The van der Waals surface area contributed by atoms with Crippen LogP contribution in [0.15, 0.2) is 30.3 Å². The van der Waals surface area contributed by atoms with Gasteiger partial charge in [-0.2, -0.15) is 0 Å². The van der Waals surface area contributed by atoms with Crippen molar-refractivity contribution in [3.05, 3.63) is 35.9 Å². The number of rotatable bonds is 2. The molecule has 0 aliphatic carbocycles. The van der Waals surface area contributed by atoms with Gasteiger partial charge in [0, 0.05) is 13.0 Å². The van der Waals surface area contributed by atoms with Gasteiger partial charge in [-0.15, -0.1) is 0 Å². The summed E-state index contributed by atoms with van der Waals surface area (Å²) >= 11 is 0. The zero-order valence-electron chi connectivity index (χ0n) is 8.14. The van der Waals surface area contributed by atoms with Crippen LogP contribution in [0.5, 0.6) is 5.75 Å². The van der Waals surface area contributed by atoms with Crippen molar-refractivity contribution in [1.29, 1.82) is 0 Å². The molecule has 0 heterocycles. The minimum Gasteiger partial charge on any atom is -0.508 e. The molecule has 1 rings (SSSR count). The van der Waals surface area contributed by atoms with Crippen molar-refractivity contribution >= 4 is 18.0 Å². The minimum absolute atomic E-state index is 0.151. The fourth-order valence-electron chi connectivity index (χ4n) is 0.925. The van der Waals surface area contributed by atoms with Gasteiger partial charge in [-0.05, 0) is 23.8 Å². The van der Waals surface area contributed by atoms with Crippen LogP contribution in [0.1, 0.15) is 12.5 Å². The van der Waals surface area contributed by atoms with Crippen molar-refractivity contribution < 1.29 is 19.4 Å². The summed E-state index contributed by atoms with van der Waals surface area (Å²) in [6.45, 7) is 1.16. The van der Waals surface area contributed by atoms with Gasteiger partial charge in [0.15, 0.2) is 0 Å². The smallest absolute Gasteiger partial charge is 0.338 e. The molecule has 0 bridgehead atoms. The molecular formula is C11H10O4. The summed E-state index contributed by atoms with van der Waals surface area (Å²) in [5.41, 5.74) is 0.730. The van der Waals surface area contributed by atoms with Gasteiger partial charge in [0.1, 0.15) is 5.75 Å². The molecule has 1 N–H and O–H groups in total. The summed E-state index contributed by atoms with van der Waals surface area (Å²) in [7, 11) is 0. The van der Waals surface area contributed by atoms with Gasteiger partial charge < -0.3 is 9.84 Å². The molecule has 0 radical (unpaired) electrons. The van der Waals surface area contributed by atoms with E-state index in [1.165, 1.54) is 18.2 Å². The number of phenolic OH excluding ortho intramolecular Hbond substituents is 1. The Morgan fingerprint density at radius 3 is 2.40 bits per heavy atom. The normalized spacial score (nSPS) is 10.2. The zero-order valence-corrected chi connectivity index (χ0v) is 8.14. The van der Waals surface area contributed by atoms with E-state index in [1.54, 1.807) is 12.1 Å². The molecule has 78 valence electrons. The molecule has 0 aromatic heterocycles. The van der Waals surface area contributed by atoms with E-state index in [9.17, 15) is 9.59 Å². The van der Waals surface area contributed by atoms with Gasteiger partial charge in [-0.3, -0.25) is 4.79 Å². The third-order valence-corrected chi connectivity index (χ3v) is 1.55. The van der Waals surface area contributed by atoms with E-state index in [1.807, 2.05) is 0 Å². The van der Waals surface area contributed by atoms with Crippen molar-refractivity contribution in [1.82, 2.24) is 0 Å². The minimum atomic E-state index is -0.712. The van der Waals surface area contributed by atoms with Crippen LogP contribution in [0.25, 0.3) is 6.08 Å². The van der Waals surface area contributed by atoms with Gasteiger partial charge in [-0.1, -0.05) is 12.1 Å². The maximum absolute atomic E-state index is 10.9. The van der Waals surface area contributed by atoms with Crippen LogP contribution < -0.4 is 0 Å². The van der Waals surface area contributed by atoms with E-state index < -0.39 is 11.9 Å². The summed E-state index contributed by atoms with van der Waals surface area (Å²) in [5, 5.41) is 8.99. The molecule has 0 amide bonds. The van der Waals surface area contributed by atoms with Crippen molar-refractivity contribution in [3.63, 3.8) is 0 Å². The highest BCUT2D eigenvalue weighted by molar-refractivity contribution is 5.94. The lowest BCUT2D eigenvalue weighted by molar-refractivity contribution is -0.154. The Balaban J connectivity index is 2.61. The predicted molar refractivity (Wildman–Crippen MR) is 53.9 cm³/mol. The highest BCUT2D eigenvalue weighted by atomic mass is 16.6. The molecule has 0 spiro atoms. The third kappa shape index (κ3) is 4.08. The largest absolute Gasteiger partial charge is 0.508 e. The van der Waals surface area contributed by atoms with Crippen LogP contribution in [-0.2, 0) is 14.3 Å². The molecular weight excluding hydrogens is 196 g/mol. The second-order valence-corrected chi connectivity index (χ2v) is 2.84. The predicted octanol–water partition coefficient (Wildman–Crippen LogP) is 1.50. The quantitative estimate of drug-likeness (QED) is 0.452. The van der Waals surface area contributed by atoms with Crippen LogP contribution in [0, 0.1) is 0 Å². The Hall–Kier alpha value is -2.10. The number of phenols is 1. The number of carbonyl (C=O) groups is 2. The molecule has 4 nitrogen and oxygen atoms in total. The van der Waals surface area contributed by atoms with Crippen molar-refractivity contribution in [2.75, 3.05) is 0 Å². The fraction of sp³-hybridized carbons (Fsp3) is 0.0909. The highest BCUT2D eigenvalue weighted by Crippen LogP contribution is 2.10. The number of hydrogen-bond acceptors (Lipinski definition) is 4. The molecule has 0 saturated carbocycles. The Kier molecular flexibility index (Phi) is 3.62. The molecule has 0 fully saturated rings. The van der Waals surface area contributed by atoms with Gasteiger partial charge in [-0.25, -0.2) is 4.79 Å². The van der Waals surface area contributed by atoms with E-state index in [4.69, 9.17) is 5.11 Å². The number of carbonyl (C=O) groups excluding carboxylic acids is 2. The molecule has 15 heavy (non-hydrogen) atoms. The van der Waals surface area contributed by atoms with Crippen LogP contribution in [-0.4, -0.2) is 17.0 Å². The monoisotopic (exact) mass is 206 g/mol. The first kappa shape index (κ1) is 11.0. The van der Waals surface area contributed by atoms with Crippen LogP contribution >= 0.6 is 0 Å². The van der Waals surface area contributed by atoms with E-state index in [0.29, 0.717) is 0 Å². The molecule has 1 aromatic rings. The highest BCUT2D eigenvalue weighted by Gasteiger charge is 1.99. The van der Waals surface area contributed by atoms with E-state index in [0.717, 1.165) is 18.6 Å². The second-order valence-electron chi connectivity index (χ2n) is 2.84. The Morgan fingerprint density at radius 2 is 1.87 bits per heavy atom. The van der Waals surface area contributed by atoms with Gasteiger partial charge in [0.05, 0.1) is 0 Å². The van der Waals surface area contributed by atoms with Gasteiger partial charge in [0.25, 0.3) is 0 Å². The summed E-state index contributed by atoms with van der Waals surface area (Å²) < 4.78 is 4.28. The number of ether oxygens (including phenoxy) is 1. The number of benzene rings is 1. The Morgan fingerprint density at radius 1 is 1.27 bits per heavy atom. The van der Waals surface area contributed by atoms with Gasteiger partial charge >= 0.3 is 11.9 Å². The average molecular weight is 206 g/mol. The number of esters is 2. The molecule has 1 aromatic carbocycles. The molecule has 0 saturated heterocycles. The van der Waals surface area contributed by atoms with E-state index in [2.05, 4.69) is 4.74 Å². The van der Waals surface area contributed by atoms with Crippen molar-refractivity contribution in [2.45, 2.75) is 6.92 Å². The first-order valence-electron chi connectivity index (χ1n) is 4.27. The summed E-state index contributed by atoms with van der Waals surface area (Å²) in [4.78, 5) is 21.3. The lowest BCUT2D eigenvalue weighted by atomic mass is 10.2. The Labute approximate surface area is 86.8 Å². The molecule has 0 unspecified atom stereocenters. The summed E-state index contributed by atoms with van der Waals surface area (Å²) in [6.07, 6.45) is 2.64. The van der Waals surface area contributed by atoms with Gasteiger partial charge in [0.2, 0.25) is 0 Å². The van der Waals surface area contributed by atoms with Crippen LogP contribution in [0.4, 0.5) is 0 Å². The molecule has 0 atom stereocenters. The van der Waals surface area contributed by atoms with E-state index >= 15 is 0 Å². The third-order valence-electron chi connectivity index (χ3n) is 1.55. The summed E-state index contributed by atoms with van der Waals surface area (Å²) in [6, 6.07) is 6.26. The fourth-order valence-corrected chi connectivity index (χ4v) is 0.925. The second kappa shape index (κ2) is 4.95. The lowest BCUT2D eigenvalue weighted by Crippen LogP contribution is -2.05. The zero-order chi connectivity index (χ0) is 11.3. The van der Waals surface area contributed by atoms with Crippen molar-refractivity contribution in [2.24, 2.45) is 0 Å². The standard InChI is InChI=1S/C11H10O4/c1-8(12)15-11(14)7-4-9-2-5-10(13)6-3-9/h2-7,13H,1H3/b7-4+. The lowest BCUT2D eigenvalue weighted by Gasteiger charge is -1.94. The molecule has 0 aliphatic rings. The maximum Gasteiger partial charge on any atom is 0.338 e. The Bertz CT molecular complexity index is 390. The average Bonchev–Trinajstić information content (AvgIpc) is 2.16. The van der Waals surface area contributed by atoms with E-state index in [-0.39, 0.29) is 5.75 Å². The SMILES string of the molecule is CC(=O)OC(=O)/C=C/c1ccc(O)cc1. The summed E-state index contributed by atoms with van der Waals surface area (Å²) in [5.74, 6) is -1.20.